The topological polar surface area (TPSA) is 78.5 Å². The molecule has 4 heteroatoms. The molecule has 12 heavy (non-hydrogen) atoms. The van der Waals surface area contributed by atoms with E-state index in [2.05, 4.69) is 10.2 Å². The number of nitrogens with zero attached hydrogens (tertiary/aromatic N) is 2. The molecule has 2 aromatic rings. The summed E-state index contributed by atoms with van der Waals surface area (Å²) in [4.78, 5) is 0. The lowest BCUT2D eigenvalue weighted by Gasteiger charge is -1.90. The highest BCUT2D eigenvalue weighted by Crippen LogP contribution is 2.17. The maximum atomic E-state index is 8.64. The minimum Gasteiger partial charge on any atom is -0.399 e. The Morgan fingerprint density at radius 1 is 1.50 bits per heavy atom. The molecule has 3 N–H and O–H groups in total. The molecule has 0 bridgehead atoms. The number of nitrogens with two attached hydrogens (primary N) is 1. The van der Waals surface area contributed by atoms with Gasteiger partial charge in [-0.2, -0.15) is 10.4 Å². The summed E-state index contributed by atoms with van der Waals surface area (Å²) < 4.78 is 0. The van der Waals surface area contributed by atoms with Crippen molar-refractivity contribution in [3.63, 3.8) is 0 Å². The van der Waals surface area contributed by atoms with E-state index in [4.69, 9.17) is 11.0 Å². The maximum absolute atomic E-state index is 8.64. The third-order valence-corrected chi connectivity index (χ3v) is 1.69. The van der Waals surface area contributed by atoms with Crippen LogP contribution in [-0.4, -0.2) is 10.2 Å². The number of aromatic amines is 1. The van der Waals surface area contributed by atoms with Crippen LogP contribution in [0.3, 0.4) is 0 Å². The number of fused-ring (bicyclic) bond motifs is 1. The Bertz CT molecular complexity index is 463. The van der Waals surface area contributed by atoms with Crippen molar-refractivity contribution in [1.29, 1.82) is 5.26 Å². The standard InChI is InChI=1S/C8H6N4/c9-4-8-6-3-5(10)1-2-7(6)11-12-8/h1-3H,10H2,(H,11,12). The number of nitrogens with one attached hydrogen (secondary N) is 1. The van der Waals surface area contributed by atoms with E-state index in [0.717, 1.165) is 10.9 Å². The van der Waals surface area contributed by atoms with Gasteiger partial charge in [-0.1, -0.05) is 0 Å². The van der Waals surface area contributed by atoms with Gasteiger partial charge >= 0.3 is 0 Å². The van der Waals surface area contributed by atoms with E-state index >= 15 is 0 Å². The normalized spacial score (nSPS) is 9.92. The van der Waals surface area contributed by atoms with Crippen LogP contribution in [0.25, 0.3) is 10.9 Å². The van der Waals surface area contributed by atoms with Gasteiger partial charge in [0.2, 0.25) is 0 Å². The molecule has 0 radical (unpaired) electrons. The zero-order chi connectivity index (χ0) is 8.55. The highest BCUT2D eigenvalue weighted by atomic mass is 15.1. The van der Waals surface area contributed by atoms with Crippen LogP contribution in [0.2, 0.25) is 0 Å². The summed E-state index contributed by atoms with van der Waals surface area (Å²) in [5.41, 5.74) is 7.42. The van der Waals surface area contributed by atoms with E-state index in [1.807, 2.05) is 6.07 Å². The zero-order valence-corrected chi connectivity index (χ0v) is 6.20. The van der Waals surface area contributed by atoms with Gasteiger partial charge < -0.3 is 5.73 Å². The average Bonchev–Trinajstić information content (AvgIpc) is 2.46. The van der Waals surface area contributed by atoms with Crippen LogP contribution in [0.15, 0.2) is 18.2 Å². The molecular weight excluding hydrogens is 152 g/mol. The van der Waals surface area contributed by atoms with Crippen LogP contribution in [0, 0.1) is 11.3 Å². The summed E-state index contributed by atoms with van der Waals surface area (Å²) in [6, 6.07) is 7.28. The maximum Gasteiger partial charge on any atom is 0.170 e. The lowest BCUT2D eigenvalue weighted by Crippen LogP contribution is -1.82. The first-order chi connectivity index (χ1) is 5.81. The molecule has 1 aromatic carbocycles. The van der Waals surface area contributed by atoms with Crippen LogP contribution in [0.4, 0.5) is 5.69 Å². The van der Waals surface area contributed by atoms with Gasteiger partial charge in [0.25, 0.3) is 0 Å². The monoisotopic (exact) mass is 158 g/mol. The molecule has 58 valence electrons. The van der Waals surface area contributed by atoms with Gasteiger partial charge in [-0.15, -0.1) is 0 Å². The lowest BCUT2D eigenvalue weighted by atomic mass is 10.2. The molecule has 0 spiro atoms. The Labute approximate surface area is 68.6 Å². The molecule has 1 heterocycles. The number of anilines is 1. The van der Waals surface area contributed by atoms with Crippen molar-refractivity contribution in [3.8, 4) is 6.07 Å². The Morgan fingerprint density at radius 3 is 3.08 bits per heavy atom. The van der Waals surface area contributed by atoms with E-state index in [1.165, 1.54) is 0 Å². The second kappa shape index (κ2) is 2.24. The molecule has 0 amide bonds. The van der Waals surface area contributed by atoms with Gasteiger partial charge in [0.05, 0.1) is 5.52 Å². The van der Waals surface area contributed by atoms with Crippen LogP contribution >= 0.6 is 0 Å². The number of nitrogen functional groups attached to an aromatic ring is 1. The Morgan fingerprint density at radius 2 is 2.33 bits per heavy atom. The van der Waals surface area contributed by atoms with Crippen LogP contribution in [-0.2, 0) is 0 Å². The molecule has 4 nitrogen and oxygen atoms in total. The first-order valence-corrected chi connectivity index (χ1v) is 3.45. The predicted molar refractivity (Wildman–Crippen MR) is 45.2 cm³/mol. The van der Waals surface area contributed by atoms with Crippen LogP contribution < -0.4 is 5.73 Å². The minimum absolute atomic E-state index is 0.386. The summed E-state index contributed by atoms with van der Waals surface area (Å²) in [7, 11) is 0. The molecule has 0 saturated heterocycles. The first-order valence-electron chi connectivity index (χ1n) is 3.45. The van der Waals surface area contributed by atoms with E-state index < -0.39 is 0 Å². The second-order valence-electron chi connectivity index (χ2n) is 2.49. The summed E-state index contributed by atoms with van der Waals surface area (Å²) in [5.74, 6) is 0. The van der Waals surface area contributed by atoms with Gasteiger partial charge in [0, 0.05) is 11.1 Å². The summed E-state index contributed by atoms with van der Waals surface area (Å²) in [6.45, 7) is 0. The highest BCUT2D eigenvalue weighted by molar-refractivity contribution is 5.86. The van der Waals surface area contributed by atoms with Crippen LogP contribution in [0.5, 0.6) is 0 Å². The van der Waals surface area contributed by atoms with Gasteiger partial charge in [0.15, 0.2) is 5.69 Å². The fraction of sp³-hybridized carbons (Fsp3) is 0. The predicted octanol–water partition coefficient (Wildman–Crippen LogP) is 1.02. The lowest BCUT2D eigenvalue weighted by molar-refractivity contribution is 1.10. The molecular formula is C8H6N4. The third kappa shape index (κ3) is 0.805. The van der Waals surface area contributed by atoms with Crippen LogP contribution in [0.1, 0.15) is 5.69 Å². The van der Waals surface area contributed by atoms with Gasteiger partial charge in [-0.3, -0.25) is 5.10 Å². The van der Waals surface area contributed by atoms with Crippen molar-refractivity contribution in [3.05, 3.63) is 23.9 Å². The molecule has 0 atom stereocenters. The molecule has 0 unspecified atom stereocenters. The molecule has 0 aliphatic rings. The summed E-state index contributed by atoms with van der Waals surface area (Å²) in [6.07, 6.45) is 0. The minimum atomic E-state index is 0.386. The Kier molecular flexibility index (Phi) is 1.25. The molecule has 2 rings (SSSR count). The average molecular weight is 158 g/mol. The van der Waals surface area contributed by atoms with Crippen molar-refractivity contribution in [2.24, 2.45) is 0 Å². The molecule has 0 aliphatic heterocycles. The highest BCUT2D eigenvalue weighted by Gasteiger charge is 2.03. The van der Waals surface area contributed by atoms with Crippen molar-refractivity contribution in [1.82, 2.24) is 10.2 Å². The summed E-state index contributed by atoms with van der Waals surface area (Å²) in [5, 5.41) is 16.0. The fourth-order valence-corrected chi connectivity index (χ4v) is 1.12. The van der Waals surface area contributed by atoms with Gasteiger partial charge in [-0.05, 0) is 18.2 Å². The zero-order valence-electron chi connectivity index (χ0n) is 6.20. The van der Waals surface area contributed by atoms with Crippen molar-refractivity contribution >= 4 is 16.6 Å². The number of hydrogen-bond acceptors (Lipinski definition) is 3. The van der Waals surface area contributed by atoms with Crippen molar-refractivity contribution in [2.75, 3.05) is 5.73 Å². The quantitative estimate of drug-likeness (QED) is 0.562. The summed E-state index contributed by atoms with van der Waals surface area (Å²) >= 11 is 0. The SMILES string of the molecule is N#Cc1n[nH]c2ccc(N)cc12. The van der Waals surface area contributed by atoms with E-state index in [9.17, 15) is 0 Å². The fourth-order valence-electron chi connectivity index (χ4n) is 1.12. The number of H-pyrrole nitrogens is 1. The number of benzene rings is 1. The molecule has 0 fully saturated rings. The smallest absolute Gasteiger partial charge is 0.170 e. The van der Waals surface area contributed by atoms with E-state index in [-0.39, 0.29) is 0 Å². The third-order valence-electron chi connectivity index (χ3n) is 1.69. The first kappa shape index (κ1) is 6.68. The second-order valence-corrected chi connectivity index (χ2v) is 2.49. The van der Waals surface area contributed by atoms with Crippen molar-refractivity contribution < 1.29 is 0 Å². The Balaban J connectivity index is 2.86. The number of aromatic nitrogens is 2. The number of rotatable bonds is 0. The number of nitriles is 1. The van der Waals surface area contributed by atoms with E-state index in [0.29, 0.717) is 11.4 Å². The largest absolute Gasteiger partial charge is 0.399 e. The molecule has 0 aliphatic carbocycles. The van der Waals surface area contributed by atoms with E-state index in [1.54, 1.807) is 18.2 Å². The van der Waals surface area contributed by atoms with Crippen molar-refractivity contribution in [2.45, 2.75) is 0 Å². The van der Waals surface area contributed by atoms with Gasteiger partial charge in [0.1, 0.15) is 6.07 Å². The molecule has 0 saturated carbocycles. The van der Waals surface area contributed by atoms with Gasteiger partial charge in [-0.25, -0.2) is 0 Å². The number of hydrogen-bond donors (Lipinski definition) is 2. The molecule has 1 aromatic heterocycles. The Hall–Kier alpha value is -2.02.